The van der Waals surface area contributed by atoms with Crippen molar-refractivity contribution in [3.05, 3.63) is 99.0 Å². The zero-order valence-corrected chi connectivity index (χ0v) is 20.9. The molecule has 0 aliphatic rings. The van der Waals surface area contributed by atoms with Crippen LogP contribution < -0.4 is 19.6 Å². The largest absolute Gasteiger partial charge is 0.490 e. The molecule has 35 heavy (non-hydrogen) atoms. The van der Waals surface area contributed by atoms with Crippen LogP contribution in [0.2, 0.25) is 0 Å². The van der Waals surface area contributed by atoms with Crippen LogP contribution in [-0.2, 0) is 6.42 Å². The van der Waals surface area contributed by atoms with Crippen molar-refractivity contribution in [1.29, 1.82) is 0 Å². The van der Waals surface area contributed by atoms with Gasteiger partial charge in [0.2, 0.25) is 0 Å². The van der Waals surface area contributed by atoms with E-state index in [1.54, 1.807) is 18.3 Å². The van der Waals surface area contributed by atoms with E-state index in [4.69, 9.17) is 14.2 Å². The van der Waals surface area contributed by atoms with Crippen molar-refractivity contribution in [3.63, 3.8) is 0 Å². The minimum atomic E-state index is -0.447. The Bertz CT molecular complexity index is 1180. The van der Waals surface area contributed by atoms with E-state index in [9.17, 15) is 10.1 Å². The first-order chi connectivity index (χ1) is 17.0. The number of ether oxygens (including phenoxy) is 3. The third kappa shape index (κ3) is 7.58. The van der Waals surface area contributed by atoms with Crippen LogP contribution in [0.15, 0.2) is 82.9 Å². The molecule has 0 fully saturated rings. The summed E-state index contributed by atoms with van der Waals surface area (Å²) in [5.74, 6) is 1.97. The molecule has 9 heteroatoms. The molecule has 3 aromatic rings. The predicted molar refractivity (Wildman–Crippen MR) is 141 cm³/mol. The zero-order valence-electron chi connectivity index (χ0n) is 19.3. The van der Waals surface area contributed by atoms with Crippen molar-refractivity contribution in [1.82, 2.24) is 0 Å². The zero-order chi connectivity index (χ0) is 25.0. The van der Waals surface area contributed by atoms with Gasteiger partial charge < -0.3 is 14.2 Å². The molecule has 0 aromatic heterocycles. The van der Waals surface area contributed by atoms with Crippen molar-refractivity contribution < 1.29 is 19.1 Å². The van der Waals surface area contributed by atoms with Gasteiger partial charge in [0.15, 0.2) is 11.5 Å². The van der Waals surface area contributed by atoms with Crippen LogP contribution in [0.25, 0.3) is 0 Å². The van der Waals surface area contributed by atoms with Crippen molar-refractivity contribution >= 4 is 33.5 Å². The average Bonchev–Trinajstić information content (AvgIpc) is 2.85. The van der Waals surface area contributed by atoms with Crippen molar-refractivity contribution in [2.45, 2.75) is 13.3 Å². The normalized spacial score (nSPS) is 10.7. The van der Waals surface area contributed by atoms with Gasteiger partial charge in [0.05, 0.1) is 27.9 Å². The average molecular weight is 540 g/mol. The molecular weight excluding hydrogens is 514 g/mol. The molecule has 0 atom stereocenters. The highest BCUT2D eigenvalue weighted by Gasteiger charge is 2.12. The molecule has 0 saturated carbocycles. The molecule has 0 heterocycles. The second-order valence-corrected chi connectivity index (χ2v) is 8.09. The SMILES string of the molecule is C=CCc1ccccc1OCCOc1c(Br)cc(/C=N\Nc2ccc([N+](=O)[O-])cc2)cc1OCC. The van der Waals surface area contributed by atoms with Crippen LogP contribution in [0, 0.1) is 10.1 Å². The first-order valence-corrected chi connectivity index (χ1v) is 11.8. The Morgan fingerprint density at radius 2 is 1.80 bits per heavy atom. The van der Waals surface area contributed by atoms with Crippen molar-refractivity contribution in [2.75, 3.05) is 25.2 Å². The molecule has 1 N–H and O–H groups in total. The molecule has 8 nitrogen and oxygen atoms in total. The maximum atomic E-state index is 10.8. The van der Waals surface area contributed by atoms with E-state index in [0.29, 0.717) is 41.5 Å². The fourth-order valence-corrected chi connectivity index (χ4v) is 3.74. The summed E-state index contributed by atoms with van der Waals surface area (Å²) in [5.41, 5.74) is 5.35. The van der Waals surface area contributed by atoms with Crippen LogP contribution in [0.1, 0.15) is 18.1 Å². The third-order valence-corrected chi connectivity index (χ3v) is 5.33. The quantitative estimate of drug-likeness (QED) is 0.0888. The number of hydrogen-bond donors (Lipinski definition) is 1. The summed E-state index contributed by atoms with van der Waals surface area (Å²) in [6.45, 7) is 6.85. The summed E-state index contributed by atoms with van der Waals surface area (Å²) in [6, 6.07) is 17.5. The summed E-state index contributed by atoms with van der Waals surface area (Å²) >= 11 is 3.55. The summed E-state index contributed by atoms with van der Waals surface area (Å²) < 4.78 is 18.4. The number of non-ortho nitro benzene ring substituents is 1. The van der Waals surface area contributed by atoms with Crippen LogP contribution in [0.4, 0.5) is 11.4 Å². The fourth-order valence-electron chi connectivity index (χ4n) is 3.17. The third-order valence-electron chi connectivity index (χ3n) is 4.74. The van der Waals surface area contributed by atoms with Gasteiger partial charge >= 0.3 is 0 Å². The fraction of sp³-hybridized carbons (Fsp3) is 0.192. The first-order valence-electron chi connectivity index (χ1n) is 11.0. The maximum absolute atomic E-state index is 10.8. The molecule has 0 aliphatic heterocycles. The number of hydrazone groups is 1. The lowest BCUT2D eigenvalue weighted by Crippen LogP contribution is -2.11. The number of para-hydroxylation sites is 1. The molecule has 0 saturated heterocycles. The molecule has 0 amide bonds. The lowest BCUT2D eigenvalue weighted by Gasteiger charge is -2.15. The summed E-state index contributed by atoms with van der Waals surface area (Å²) in [4.78, 5) is 10.3. The molecule has 3 rings (SSSR count). The molecule has 0 radical (unpaired) electrons. The standard InChI is InChI=1S/C26H26BrN3O5/c1-3-7-20-8-5-6-9-24(20)34-14-15-35-26-23(27)16-19(17-25(26)33-4-2)18-28-29-21-10-12-22(13-11-21)30(31)32/h3,5-6,8-13,16-18,29H,1,4,7,14-15H2,2H3/b28-18-. The Labute approximate surface area is 212 Å². The van der Waals surface area contributed by atoms with E-state index in [-0.39, 0.29) is 5.69 Å². The summed E-state index contributed by atoms with van der Waals surface area (Å²) in [6.07, 6.45) is 4.20. The van der Waals surface area contributed by atoms with Gasteiger partial charge in [-0.15, -0.1) is 6.58 Å². The number of rotatable bonds is 13. The van der Waals surface area contributed by atoms with E-state index in [0.717, 1.165) is 23.3 Å². The van der Waals surface area contributed by atoms with Crippen LogP contribution >= 0.6 is 15.9 Å². The van der Waals surface area contributed by atoms with Gasteiger partial charge in [-0.1, -0.05) is 24.3 Å². The Hall–Kier alpha value is -3.85. The number of benzene rings is 3. The number of nitro benzene ring substituents is 1. The summed E-state index contributed by atoms with van der Waals surface area (Å²) in [7, 11) is 0. The minimum Gasteiger partial charge on any atom is -0.490 e. The van der Waals surface area contributed by atoms with Gasteiger partial charge in [-0.25, -0.2) is 0 Å². The topological polar surface area (TPSA) is 95.2 Å². The lowest BCUT2D eigenvalue weighted by molar-refractivity contribution is -0.384. The number of nitro groups is 1. The number of halogens is 1. The number of nitrogens with zero attached hydrogens (tertiary/aromatic N) is 2. The maximum Gasteiger partial charge on any atom is 0.269 e. The van der Waals surface area contributed by atoms with E-state index < -0.39 is 4.92 Å². The highest BCUT2D eigenvalue weighted by atomic mass is 79.9. The van der Waals surface area contributed by atoms with E-state index >= 15 is 0 Å². The molecule has 182 valence electrons. The second-order valence-electron chi connectivity index (χ2n) is 7.23. The highest BCUT2D eigenvalue weighted by molar-refractivity contribution is 9.10. The van der Waals surface area contributed by atoms with Crippen LogP contribution in [-0.4, -0.2) is 31.0 Å². The molecule has 3 aromatic carbocycles. The molecular formula is C26H26BrN3O5. The molecule has 0 unspecified atom stereocenters. The van der Waals surface area contributed by atoms with Gasteiger partial charge in [0.25, 0.3) is 5.69 Å². The highest BCUT2D eigenvalue weighted by Crippen LogP contribution is 2.36. The van der Waals surface area contributed by atoms with Gasteiger partial charge in [0, 0.05) is 12.1 Å². The van der Waals surface area contributed by atoms with Gasteiger partial charge in [-0.2, -0.15) is 5.10 Å². The van der Waals surface area contributed by atoms with Gasteiger partial charge in [0.1, 0.15) is 19.0 Å². The number of nitrogens with one attached hydrogen (secondary N) is 1. The van der Waals surface area contributed by atoms with Gasteiger partial charge in [-0.3, -0.25) is 15.5 Å². The Morgan fingerprint density at radius 1 is 1.06 bits per heavy atom. The first kappa shape index (κ1) is 25.8. The van der Waals surface area contributed by atoms with Gasteiger partial charge in [-0.05, 0) is 70.7 Å². The lowest BCUT2D eigenvalue weighted by atomic mass is 10.1. The number of allylic oxidation sites excluding steroid dienone is 1. The Balaban J connectivity index is 1.62. The van der Waals surface area contributed by atoms with E-state index in [1.807, 2.05) is 49.4 Å². The van der Waals surface area contributed by atoms with Crippen molar-refractivity contribution in [2.24, 2.45) is 5.10 Å². The van der Waals surface area contributed by atoms with E-state index in [2.05, 4.69) is 33.0 Å². The molecule has 0 bridgehead atoms. The monoisotopic (exact) mass is 539 g/mol. The number of anilines is 1. The number of hydrogen-bond acceptors (Lipinski definition) is 7. The minimum absolute atomic E-state index is 0.0202. The van der Waals surface area contributed by atoms with Crippen molar-refractivity contribution in [3.8, 4) is 17.2 Å². The predicted octanol–water partition coefficient (Wildman–Crippen LogP) is 6.39. The second kappa shape index (κ2) is 13.1. The van der Waals surface area contributed by atoms with E-state index in [1.165, 1.54) is 12.1 Å². The Morgan fingerprint density at radius 3 is 2.51 bits per heavy atom. The molecule has 0 aliphatic carbocycles. The smallest absolute Gasteiger partial charge is 0.269 e. The van der Waals surface area contributed by atoms with Crippen LogP contribution in [0.3, 0.4) is 0 Å². The summed E-state index contributed by atoms with van der Waals surface area (Å²) in [5, 5.41) is 15.0. The molecule has 0 spiro atoms. The Kier molecular flexibility index (Phi) is 9.68. The van der Waals surface area contributed by atoms with Crippen LogP contribution in [0.5, 0.6) is 17.2 Å².